The molecule has 0 spiro atoms. The molecule has 0 fully saturated rings. The van der Waals surface area contributed by atoms with Gasteiger partial charge in [0.15, 0.2) is 0 Å². The Kier molecular flexibility index (Phi) is 3.46. The summed E-state index contributed by atoms with van der Waals surface area (Å²) in [5.74, 6) is 0.645. The summed E-state index contributed by atoms with van der Waals surface area (Å²) in [5.41, 5.74) is 3.24. The molecule has 100 valence electrons. The van der Waals surface area contributed by atoms with Crippen LogP contribution in [0.15, 0.2) is 65.4 Å². The predicted molar refractivity (Wildman–Crippen MR) is 78.2 cm³/mol. The summed E-state index contributed by atoms with van der Waals surface area (Å²) in [5, 5.41) is 6.87. The minimum absolute atomic E-state index is 0.0628. The van der Waals surface area contributed by atoms with Crippen molar-refractivity contribution in [3.63, 3.8) is 0 Å². The fourth-order valence-electron chi connectivity index (χ4n) is 2.04. The van der Waals surface area contributed by atoms with Gasteiger partial charge in [-0.1, -0.05) is 41.6 Å². The number of pyridine rings is 1. The van der Waals surface area contributed by atoms with Crippen LogP contribution in [0.1, 0.15) is 18.7 Å². The molecule has 1 atom stereocenters. The van der Waals surface area contributed by atoms with E-state index in [1.165, 1.54) is 5.56 Å². The van der Waals surface area contributed by atoms with Crippen LogP contribution in [-0.2, 0) is 0 Å². The maximum absolute atomic E-state index is 5.03. The number of rotatable bonds is 4. The smallest absolute Gasteiger partial charge is 0.225 e. The number of nitrogens with zero attached hydrogens (tertiary/aromatic N) is 2. The molecule has 0 saturated carbocycles. The molecule has 1 unspecified atom stereocenters. The number of benzene rings is 1. The predicted octanol–water partition coefficient (Wildman–Crippen LogP) is 3.91. The molecule has 20 heavy (non-hydrogen) atoms. The van der Waals surface area contributed by atoms with Crippen molar-refractivity contribution in [2.24, 2.45) is 0 Å². The number of hydrogen-bond donors (Lipinski definition) is 1. The normalized spacial score (nSPS) is 12.1. The Bertz CT molecular complexity index is 648. The van der Waals surface area contributed by atoms with Crippen molar-refractivity contribution in [2.45, 2.75) is 13.0 Å². The van der Waals surface area contributed by atoms with Gasteiger partial charge in [-0.15, -0.1) is 0 Å². The largest absolute Gasteiger partial charge is 0.346 e. The number of hydrogen-bond acceptors (Lipinski definition) is 4. The van der Waals surface area contributed by atoms with E-state index in [-0.39, 0.29) is 6.04 Å². The first-order valence-electron chi connectivity index (χ1n) is 6.51. The molecule has 0 bridgehead atoms. The van der Waals surface area contributed by atoms with Crippen LogP contribution < -0.4 is 5.32 Å². The third-order valence-corrected chi connectivity index (χ3v) is 3.13. The van der Waals surface area contributed by atoms with Crippen molar-refractivity contribution in [1.29, 1.82) is 0 Å². The third kappa shape index (κ3) is 2.69. The Morgan fingerprint density at radius 3 is 2.50 bits per heavy atom. The van der Waals surface area contributed by atoms with E-state index in [2.05, 4.69) is 33.7 Å². The summed E-state index contributed by atoms with van der Waals surface area (Å²) in [6.45, 7) is 2.03. The third-order valence-electron chi connectivity index (χ3n) is 3.13. The minimum atomic E-state index is 0.0628. The molecule has 3 aromatic rings. The van der Waals surface area contributed by atoms with Gasteiger partial charge in [-0.3, -0.25) is 4.98 Å². The second kappa shape index (κ2) is 5.57. The molecule has 2 heterocycles. The molecule has 1 N–H and O–H groups in total. The molecule has 0 amide bonds. The molecular weight excluding hydrogens is 250 g/mol. The highest BCUT2D eigenvalue weighted by Gasteiger charge is 2.08. The van der Waals surface area contributed by atoms with Gasteiger partial charge in [0.05, 0.1) is 17.9 Å². The van der Waals surface area contributed by atoms with Gasteiger partial charge >= 0.3 is 0 Å². The molecule has 3 rings (SSSR count). The maximum Gasteiger partial charge on any atom is 0.225 e. The second-order valence-electron chi connectivity index (χ2n) is 4.58. The summed E-state index contributed by atoms with van der Waals surface area (Å²) in [7, 11) is 0. The minimum Gasteiger partial charge on any atom is -0.346 e. The fourth-order valence-corrected chi connectivity index (χ4v) is 2.04. The van der Waals surface area contributed by atoms with E-state index >= 15 is 0 Å². The zero-order valence-electron chi connectivity index (χ0n) is 11.2. The van der Waals surface area contributed by atoms with Crippen LogP contribution in [0.3, 0.4) is 0 Å². The monoisotopic (exact) mass is 265 g/mol. The summed E-state index contributed by atoms with van der Waals surface area (Å²) >= 11 is 0. The van der Waals surface area contributed by atoms with Crippen LogP contribution in [0.4, 0.5) is 5.88 Å². The van der Waals surface area contributed by atoms with Crippen molar-refractivity contribution in [2.75, 3.05) is 5.32 Å². The molecule has 4 heteroatoms. The molecule has 2 aromatic heterocycles. The topological polar surface area (TPSA) is 51.0 Å². The first-order chi connectivity index (χ1) is 9.83. The van der Waals surface area contributed by atoms with Gasteiger partial charge < -0.3 is 9.84 Å². The van der Waals surface area contributed by atoms with Gasteiger partial charge in [0.25, 0.3) is 0 Å². The average molecular weight is 265 g/mol. The summed E-state index contributed by atoms with van der Waals surface area (Å²) in [4.78, 5) is 4.51. The summed E-state index contributed by atoms with van der Waals surface area (Å²) < 4.78 is 5.03. The van der Waals surface area contributed by atoms with E-state index in [0.29, 0.717) is 5.88 Å². The molecule has 0 aliphatic heterocycles. The van der Waals surface area contributed by atoms with Gasteiger partial charge in [-0.25, -0.2) is 0 Å². The van der Waals surface area contributed by atoms with Crippen LogP contribution in [0.25, 0.3) is 11.1 Å². The lowest BCUT2D eigenvalue weighted by Crippen LogP contribution is -2.07. The Balaban J connectivity index is 1.76. The van der Waals surface area contributed by atoms with Crippen LogP contribution in [-0.4, -0.2) is 10.1 Å². The van der Waals surface area contributed by atoms with Gasteiger partial charge in [0, 0.05) is 17.8 Å². The van der Waals surface area contributed by atoms with Crippen molar-refractivity contribution in [3.05, 3.63) is 66.6 Å². The molecule has 1 aromatic carbocycles. The number of anilines is 1. The first kappa shape index (κ1) is 12.4. The lowest BCUT2D eigenvalue weighted by molar-refractivity contribution is 0.429. The van der Waals surface area contributed by atoms with Crippen molar-refractivity contribution in [3.8, 4) is 11.1 Å². The second-order valence-corrected chi connectivity index (χ2v) is 4.58. The molecule has 0 aliphatic rings. The molecule has 0 radical (unpaired) electrons. The maximum atomic E-state index is 5.03. The number of nitrogens with one attached hydrogen (secondary N) is 1. The van der Waals surface area contributed by atoms with Gasteiger partial charge in [0.2, 0.25) is 5.88 Å². The Labute approximate surface area is 117 Å². The van der Waals surface area contributed by atoms with Crippen LogP contribution in [0.2, 0.25) is 0 Å². The highest BCUT2D eigenvalue weighted by molar-refractivity contribution is 5.62. The number of aromatic nitrogens is 2. The van der Waals surface area contributed by atoms with E-state index in [4.69, 9.17) is 4.52 Å². The Hall–Kier alpha value is -2.62. The van der Waals surface area contributed by atoms with Crippen LogP contribution in [0, 0.1) is 0 Å². The van der Waals surface area contributed by atoms with E-state index in [9.17, 15) is 0 Å². The lowest BCUT2D eigenvalue weighted by atomic mass is 10.1. The van der Waals surface area contributed by atoms with Crippen molar-refractivity contribution in [1.82, 2.24) is 10.1 Å². The van der Waals surface area contributed by atoms with E-state index < -0.39 is 0 Å². The van der Waals surface area contributed by atoms with Crippen molar-refractivity contribution >= 4 is 5.88 Å². The Morgan fingerprint density at radius 2 is 1.85 bits per heavy atom. The average Bonchev–Trinajstić information content (AvgIpc) is 3.01. The molecule has 0 saturated heterocycles. The molecule has 4 nitrogen and oxygen atoms in total. The fraction of sp³-hybridized carbons (Fsp3) is 0.125. The van der Waals surface area contributed by atoms with E-state index in [1.54, 1.807) is 12.3 Å². The zero-order chi connectivity index (χ0) is 13.8. The van der Waals surface area contributed by atoms with Crippen LogP contribution >= 0.6 is 0 Å². The van der Waals surface area contributed by atoms with Gasteiger partial charge in [-0.05, 0) is 18.6 Å². The van der Waals surface area contributed by atoms with E-state index in [0.717, 1.165) is 11.3 Å². The van der Waals surface area contributed by atoms with Crippen LogP contribution in [0.5, 0.6) is 0 Å². The quantitative estimate of drug-likeness (QED) is 0.777. The summed E-state index contributed by atoms with van der Waals surface area (Å²) in [6, 6.07) is 16.2. The molecule has 0 aliphatic carbocycles. The molecular formula is C16H15N3O. The standard InChI is InChI=1S/C16H15N3O/c1-12(19-16-9-10-18-20-16)15-8-7-14(11-17-15)13-5-3-2-4-6-13/h2-12,19H,1H3. The Morgan fingerprint density at radius 1 is 1.00 bits per heavy atom. The zero-order valence-corrected chi connectivity index (χ0v) is 11.2. The van der Waals surface area contributed by atoms with Crippen molar-refractivity contribution < 1.29 is 4.52 Å². The highest BCUT2D eigenvalue weighted by Crippen LogP contribution is 2.21. The summed E-state index contributed by atoms with van der Waals surface area (Å²) in [6.07, 6.45) is 3.50. The highest BCUT2D eigenvalue weighted by atomic mass is 16.5. The van der Waals surface area contributed by atoms with Gasteiger partial charge in [-0.2, -0.15) is 0 Å². The first-order valence-corrected chi connectivity index (χ1v) is 6.51. The lowest BCUT2D eigenvalue weighted by Gasteiger charge is -2.12. The van der Waals surface area contributed by atoms with Gasteiger partial charge in [0.1, 0.15) is 0 Å². The van der Waals surface area contributed by atoms with E-state index in [1.807, 2.05) is 37.4 Å². The SMILES string of the molecule is CC(Nc1ccno1)c1ccc(-c2ccccc2)cn1.